The summed E-state index contributed by atoms with van der Waals surface area (Å²) >= 11 is 0. The summed E-state index contributed by atoms with van der Waals surface area (Å²) in [6.45, 7) is 6.91. The number of allylic oxidation sites excluding steroid dienone is 2. The Morgan fingerprint density at radius 1 is 0.880 bits per heavy atom. The predicted octanol–water partition coefficient (Wildman–Crippen LogP) is 6.40. The Morgan fingerprint density at radius 3 is 2.00 bits per heavy atom. The van der Waals surface area contributed by atoms with Gasteiger partial charge in [-0.15, -0.1) is 0 Å². The molecule has 0 amide bonds. The Hall–Kier alpha value is -1.12. The van der Waals surface area contributed by atoms with Crippen LogP contribution in [0.3, 0.4) is 0 Å². The SMILES string of the molecule is CC(C)=CCCC(C)CC(=O)OCCCCCCCCCCCC=O. The Balaban J connectivity index is 3.34. The fraction of sp³-hybridized carbons (Fsp3) is 0.818. The second-order valence-electron chi connectivity index (χ2n) is 7.53. The Bertz CT molecular complexity index is 356. The van der Waals surface area contributed by atoms with Crippen LogP contribution < -0.4 is 0 Å². The van der Waals surface area contributed by atoms with E-state index < -0.39 is 0 Å². The van der Waals surface area contributed by atoms with Crippen molar-refractivity contribution in [3.63, 3.8) is 0 Å². The van der Waals surface area contributed by atoms with E-state index in [0.717, 1.165) is 38.4 Å². The molecule has 0 heterocycles. The molecule has 0 fully saturated rings. The minimum atomic E-state index is -0.0416. The van der Waals surface area contributed by atoms with Gasteiger partial charge in [-0.1, -0.05) is 63.5 Å². The van der Waals surface area contributed by atoms with Gasteiger partial charge in [-0.25, -0.2) is 0 Å². The number of hydrogen-bond acceptors (Lipinski definition) is 3. The minimum Gasteiger partial charge on any atom is -0.466 e. The zero-order valence-electron chi connectivity index (χ0n) is 16.9. The lowest BCUT2D eigenvalue weighted by Gasteiger charge is -2.10. The summed E-state index contributed by atoms with van der Waals surface area (Å²) in [5, 5.41) is 0. The van der Waals surface area contributed by atoms with E-state index in [2.05, 4.69) is 26.8 Å². The molecule has 0 aliphatic rings. The molecule has 3 heteroatoms. The molecule has 25 heavy (non-hydrogen) atoms. The molecule has 0 aliphatic carbocycles. The molecule has 1 atom stereocenters. The summed E-state index contributed by atoms with van der Waals surface area (Å²) in [5.41, 5.74) is 1.34. The van der Waals surface area contributed by atoms with Crippen LogP contribution in [-0.2, 0) is 14.3 Å². The fourth-order valence-electron chi connectivity index (χ4n) is 2.86. The number of rotatable bonds is 17. The van der Waals surface area contributed by atoms with Crippen molar-refractivity contribution in [1.82, 2.24) is 0 Å². The van der Waals surface area contributed by atoms with Crippen LogP contribution in [0.1, 0.15) is 104 Å². The first kappa shape index (κ1) is 23.9. The van der Waals surface area contributed by atoms with E-state index in [9.17, 15) is 9.59 Å². The second kappa shape index (κ2) is 17.7. The van der Waals surface area contributed by atoms with Gasteiger partial charge in [-0.3, -0.25) is 4.79 Å². The molecule has 0 saturated heterocycles. The van der Waals surface area contributed by atoms with E-state index in [0.29, 0.717) is 25.4 Å². The predicted molar refractivity (Wildman–Crippen MR) is 106 cm³/mol. The van der Waals surface area contributed by atoms with Gasteiger partial charge in [0.25, 0.3) is 0 Å². The Morgan fingerprint density at radius 2 is 1.44 bits per heavy atom. The molecule has 146 valence electrons. The average Bonchev–Trinajstić information content (AvgIpc) is 2.55. The van der Waals surface area contributed by atoms with Gasteiger partial charge in [0.2, 0.25) is 0 Å². The lowest BCUT2D eigenvalue weighted by molar-refractivity contribution is -0.144. The van der Waals surface area contributed by atoms with Crippen LogP contribution >= 0.6 is 0 Å². The maximum atomic E-state index is 11.8. The van der Waals surface area contributed by atoms with Crippen LogP contribution in [0.5, 0.6) is 0 Å². The summed E-state index contributed by atoms with van der Waals surface area (Å²) in [4.78, 5) is 22.0. The van der Waals surface area contributed by atoms with Crippen LogP contribution in [0.4, 0.5) is 0 Å². The molecule has 1 unspecified atom stereocenters. The van der Waals surface area contributed by atoms with Crippen molar-refractivity contribution in [3.8, 4) is 0 Å². The van der Waals surface area contributed by atoms with E-state index >= 15 is 0 Å². The Labute approximate surface area is 155 Å². The van der Waals surface area contributed by atoms with Gasteiger partial charge in [0.05, 0.1) is 6.61 Å². The number of carbonyl (C=O) groups excluding carboxylic acids is 2. The summed E-state index contributed by atoms with van der Waals surface area (Å²) in [6, 6.07) is 0. The first-order valence-electron chi connectivity index (χ1n) is 10.3. The van der Waals surface area contributed by atoms with Crippen LogP contribution in [0.25, 0.3) is 0 Å². The van der Waals surface area contributed by atoms with E-state index in [-0.39, 0.29) is 5.97 Å². The molecule has 0 aromatic heterocycles. The highest BCUT2D eigenvalue weighted by Gasteiger charge is 2.09. The van der Waals surface area contributed by atoms with Crippen molar-refractivity contribution >= 4 is 12.3 Å². The highest BCUT2D eigenvalue weighted by atomic mass is 16.5. The van der Waals surface area contributed by atoms with Gasteiger partial charge in [-0.05, 0) is 45.4 Å². The van der Waals surface area contributed by atoms with E-state index in [1.54, 1.807) is 0 Å². The van der Waals surface area contributed by atoms with E-state index in [1.807, 2.05) is 0 Å². The van der Waals surface area contributed by atoms with Gasteiger partial charge in [0.1, 0.15) is 6.29 Å². The summed E-state index contributed by atoms with van der Waals surface area (Å²) in [5.74, 6) is 0.356. The third-order valence-electron chi connectivity index (χ3n) is 4.46. The topological polar surface area (TPSA) is 43.4 Å². The first-order chi connectivity index (χ1) is 12.1. The molecule has 0 aliphatic heterocycles. The van der Waals surface area contributed by atoms with Gasteiger partial charge in [0.15, 0.2) is 0 Å². The zero-order chi connectivity index (χ0) is 18.8. The third-order valence-corrected chi connectivity index (χ3v) is 4.46. The molecule has 0 aromatic rings. The molecule has 0 radical (unpaired) electrons. The van der Waals surface area contributed by atoms with Gasteiger partial charge >= 0.3 is 5.97 Å². The Kier molecular flexibility index (Phi) is 16.9. The highest BCUT2D eigenvalue weighted by Crippen LogP contribution is 2.13. The van der Waals surface area contributed by atoms with Crippen LogP contribution in [0.15, 0.2) is 11.6 Å². The van der Waals surface area contributed by atoms with E-state index in [4.69, 9.17) is 4.74 Å². The van der Waals surface area contributed by atoms with Crippen molar-refractivity contribution < 1.29 is 14.3 Å². The summed E-state index contributed by atoms with van der Waals surface area (Å²) in [6.07, 6.45) is 17.3. The minimum absolute atomic E-state index is 0.0416. The molecule has 0 aromatic carbocycles. The molecule has 3 nitrogen and oxygen atoms in total. The highest BCUT2D eigenvalue weighted by molar-refractivity contribution is 5.69. The second-order valence-corrected chi connectivity index (χ2v) is 7.53. The normalized spacial score (nSPS) is 11.8. The summed E-state index contributed by atoms with van der Waals surface area (Å²) in [7, 11) is 0. The van der Waals surface area contributed by atoms with Crippen LogP contribution in [0, 0.1) is 5.92 Å². The molecular formula is C22H40O3. The molecule has 0 rings (SSSR count). The summed E-state index contributed by atoms with van der Waals surface area (Å²) < 4.78 is 5.34. The number of carbonyl (C=O) groups is 2. The van der Waals surface area contributed by atoms with Crippen LogP contribution in [0.2, 0.25) is 0 Å². The molecular weight excluding hydrogens is 312 g/mol. The lowest BCUT2D eigenvalue weighted by Crippen LogP contribution is -2.10. The van der Waals surface area contributed by atoms with Crippen molar-refractivity contribution in [1.29, 1.82) is 0 Å². The number of unbranched alkanes of at least 4 members (excludes halogenated alkanes) is 9. The monoisotopic (exact) mass is 352 g/mol. The van der Waals surface area contributed by atoms with Crippen molar-refractivity contribution in [2.75, 3.05) is 6.61 Å². The molecule has 0 bridgehead atoms. The fourth-order valence-corrected chi connectivity index (χ4v) is 2.86. The van der Waals surface area contributed by atoms with Crippen molar-refractivity contribution in [3.05, 3.63) is 11.6 Å². The van der Waals surface area contributed by atoms with Crippen LogP contribution in [-0.4, -0.2) is 18.9 Å². The van der Waals surface area contributed by atoms with E-state index in [1.165, 1.54) is 44.1 Å². The van der Waals surface area contributed by atoms with Gasteiger partial charge in [0, 0.05) is 12.8 Å². The zero-order valence-corrected chi connectivity index (χ0v) is 16.9. The van der Waals surface area contributed by atoms with Gasteiger partial charge < -0.3 is 9.53 Å². The standard InChI is InChI=1S/C22H40O3/c1-20(2)15-14-16-21(3)19-22(24)25-18-13-11-9-7-5-4-6-8-10-12-17-23/h15,17,21H,4-14,16,18-19H2,1-3H3. The maximum Gasteiger partial charge on any atom is 0.306 e. The molecule has 0 N–H and O–H groups in total. The number of aldehydes is 1. The number of hydrogen-bond donors (Lipinski definition) is 0. The molecule has 0 spiro atoms. The first-order valence-corrected chi connectivity index (χ1v) is 10.3. The average molecular weight is 353 g/mol. The largest absolute Gasteiger partial charge is 0.466 e. The third kappa shape index (κ3) is 19.1. The van der Waals surface area contributed by atoms with Gasteiger partial charge in [-0.2, -0.15) is 0 Å². The molecule has 0 saturated carbocycles. The smallest absolute Gasteiger partial charge is 0.306 e. The number of ether oxygens (including phenoxy) is 1. The van der Waals surface area contributed by atoms with Crippen molar-refractivity contribution in [2.24, 2.45) is 5.92 Å². The quantitative estimate of drug-likeness (QED) is 0.132. The lowest BCUT2D eigenvalue weighted by atomic mass is 10.0. The number of esters is 1. The van der Waals surface area contributed by atoms with Crippen molar-refractivity contribution in [2.45, 2.75) is 104 Å². The maximum absolute atomic E-state index is 11.8.